The third-order valence-electron chi connectivity index (χ3n) is 5.24. The van der Waals surface area contributed by atoms with Gasteiger partial charge in [0.05, 0.1) is 4.92 Å². The number of carbonyl (C=O) groups is 3. The molecule has 1 aliphatic carbocycles. The number of fused-ring (bicyclic) bond motifs is 1. The summed E-state index contributed by atoms with van der Waals surface area (Å²) in [7, 11) is 0. The molecular weight excluding hydrogens is 446 g/mol. The van der Waals surface area contributed by atoms with Gasteiger partial charge in [0.15, 0.2) is 5.78 Å². The number of hydrogen-bond acceptors (Lipinski definition) is 7. The minimum atomic E-state index is -0.570. The minimum Gasteiger partial charge on any atom is -0.376 e. The van der Waals surface area contributed by atoms with E-state index in [4.69, 9.17) is 11.6 Å². The zero-order valence-corrected chi connectivity index (χ0v) is 17.8. The monoisotopic (exact) mass is 461 g/mol. The molecule has 0 amide bonds. The SMILES string of the molecule is O=C(Cc1ccncc1[N+](=O)[O-])c1ccc(CNC2=C(Cl)C(=O)c3ccccc3C2=O)cc1. The van der Waals surface area contributed by atoms with Crippen molar-refractivity contribution in [2.24, 2.45) is 0 Å². The lowest BCUT2D eigenvalue weighted by atomic mass is 9.92. The topological polar surface area (TPSA) is 119 Å². The summed E-state index contributed by atoms with van der Waals surface area (Å²) in [5.74, 6) is -1.05. The van der Waals surface area contributed by atoms with Crippen LogP contribution in [0.25, 0.3) is 0 Å². The van der Waals surface area contributed by atoms with Gasteiger partial charge in [-0.1, -0.05) is 60.1 Å². The number of benzene rings is 2. The molecule has 2 aromatic carbocycles. The summed E-state index contributed by atoms with van der Waals surface area (Å²) in [5.41, 5.74) is 1.82. The molecule has 0 saturated carbocycles. The van der Waals surface area contributed by atoms with Crippen LogP contribution < -0.4 is 5.32 Å². The lowest BCUT2D eigenvalue weighted by Gasteiger charge is -2.19. The minimum absolute atomic E-state index is 0.0329. The van der Waals surface area contributed by atoms with Crippen LogP contribution >= 0.6 is 11.6 Å². The van der Waals surface area contributed by atoms with Crippen molar-refractivity contribution < 1.29 is 19.3 Å². The standard InChI is InChI=1S/C24H16ClN3O5/c25-21-22(24(31)18-4-2-1-3-17(18)23(21)30)27-12-14-5-7-15(8-6-14)20(29)11-16-9-10-26-13-19(16)28(32)33/h1-10,13,27H,11-12H2. The van der Waals surface area contributed by atoms with Gasteiger partial charge in [0.25, 0.3) is 5.69 Å². The van der Waals surface area contributed by atoms with Crippen LogP contribution in [0.4, 0.5) is 5.69 Å². The average Bonchev–Trinajstić information content (AvgIpc) is 2.83. The Morgan fingerprint density at radius 3 is 2.33 bits per heavy atom. The number of Topliss-reactive ketones (excluding diaryl/α,β-unsaturated/α-hetero) is 3. The van der Waals surface area contributed by atoms with Gasteiger partial charge in [-0.25, -0.2) is 0 Å². The third kappa shape index (κ3) is 4.42. The molecule has 33 heavy (non-hydrogen) atoms. The summed E-state index contributed by atoms with van der Waals surface area (Å²) in [6.45, 7) is 0.205. The largest absolute Gasteiger partial charge is 0.376 e. The first-order valence-corrected chi connectivity index (χ1v) is 10.3. The van der Waals surface area contributed by atoms with Crippen LogP contribution in [0, 0.1) is 10.1 Å². The molecule has 0 bridgehead atoms. The molecule has 0 spiro atoms. The van der Waals surface area contributed by atoms with Crippen LogP contribution in [0.2, 0.25) is 0 Å². The molecule has 0 atom stereocenters. The second-order valence-corrected chi connectivity index (χ2v) is 7.68. The first-order valence-electron chi connectivity index (χ1n) is 9.88. The molecule has 8 nitrogen and oxygen atoms in total. The van der Waals surface area contributed by atoms with Gasteiger partial charge >= 0.3 is 0 Å². The van der Waals surface area contributed by atoms with E-state index in [9.17, 15) is 24.5 Å². The highest BCUT2D eigenvalue weighted by molar-refractivity contribution is 6.49. The van der Waals surface area contributed by atoms with Gasteiger partial charge in [-0.3, -0.25) is 29.5 Å². The van der Waals surface area contributed by atoms with Gasteiger partial charge in [-0.2, -0.15) is 0 Å². The first-order chi connectivity index (χ1) is 15.9. The smallest absolute Gasteiger partial charge is 0.291 e. The maximum Gasteiger partial charge on any atom is 0.291 e. The third-order valence-corrected chi connectivity index (χ3v) is 5.60. The van der Waals surface area contributed by atoms with E-state index in [1.165, 1.54) is 12.3 Å². The predicted octanol–water partition coefficient (Wildman–Crippen LogP) is 4.03. The normalized spacial score (nSPS) is 13.0. The van der Waals surface area contributed by atoms with E-state index >= 15 is 0 Å². The summed E-state index contributed by atoms with van der Waals surface area (Å²) < 4.78 is 0. The number of halogens is 1. The van der Waals surface area contributed by atoms with E-state index in [-0.39, 0.29) is 52.1 Å². The van der Waals surface area contributed by atoms with E-state index in [1.54, 1.807) is 48.5 Å². The number of pyridine rings is 1. The van der Waals surface area contributed by atoms with Gasteiger partial charge < -0.3 is 5.32 Å². The van der Waals surface area contributed by atoms with Gasteiger partial charge in [-0.15, -0.1) is 0 Å². The predicted molar refractivity (Wildman–Crippen MR) is 120 cm³/mol. The van der Waals surface area contributed by atoms with Crippen LogP contribution in [-0.2, 0) is 13.0 Å². The van der Waals surface area contributed by atoms with Crippen LogP contribution in [0.5, 0.6) is 0 Å². The van der Waals surface area contributed by atoms with E-state index in [0.717, 1.165) is 11.8 Å². The van der Waals surface area contributed by atoms with Crippen LogP contribution in [0.1, 0.15) is 42.2 Å². The van der Waals surface area contributed by atoms with E-state index in [0.29, 0.717) is 11.1 Å². The van der Waals surface area contributed by atoms with E-state index in [2.05, 4.69) is 10.3 Å². The van der Waals surface area contributed by atoms with Crippen molar-refractivity contribution in [3.8, 4) is 0 Å². The number of allylic oxidation sites excluding steroid dienone is 2. The molecule has 1 heterocycles. The van der Waals surface area contributed by atoms with Crippen LogP contribution in [0.3, 0.4) is 0 Å². The molecule has 0 unspecified atom stereocenters. The van der Waals surface area contributed by atoms with E-state index < -0.39 is 10.7 Å². The van der Waals surface area contributed by atoms with Crippen molar-refractivity contribution in [1.29, 1.82) is 0 Å². The van der Waals surface area contributed by atoms with E-state index in [1.807, 2.05) is 0 Å². The number of nitro groups is 1. The maximum absolute atomic E-state index is 12.7. The second kappa shape index (κ2) is 9.13. The average molecular weight is 462 g/mol. The Morgan fingerprint density at radius 2 is 1.67 bits per heavy atom. The molecule has 0 radical (unpaired) electrons. The second-order valence-electron chi connectivity index (χ2n) is 7.30. The fourth-order valence-corrected chi connectivity index (χ4v) is 3.76. The molecule has 0 aliphatic heterocycles. The highest BCUT2D eigenvalue weighted by Crippen LogP contribution is 2.27. The Morgan fingerprint density at radius 1 is 1.00 bits per heavy atom. The maximum atomic E-state index is 12.7. The number of hydrogen-bond donors (Lipinski definition) is 1. The van der Waals surface area contributed by atoms with Crippen LogP contribution in [0.15, 0.2) is 77.7 Å². The first kappa shape index (κ1) is 22.0. The molecular formula is C24H16ClN3O5. The molecule has 9 heteroatoms. The zero-order chi connectivity index (χ0) is 23.5. The highest BCUT2D eigenvalue weighted by Gasteiger charge is 2.31. The number of carbonyl (C=O) groups excluding carboxylic acids is 3. The number of nitrogens with zero attached hydrogens (tertiary/aromatic N) is 2. The fourth-order valence-electron chi connectivity index (χ4n) is 3.51. The quantitative estimate of drug-likeness (QED) is 0.320. The van der Waals surface area contributed by atoms with Gasteiger partial charge in [0.2, 0.25) is 11.6 Å². The Hall–Kier alpha value is -4.17. The lowest BCUT2D eigenvalue weighted by molar-refractivity contribution is -0.385. The number of nitrogens with one attached hydrogen (secondary N) is 1. The Labute approximate surface area is 193 Å². The summed E-state index contributed by atoms with van der Waals surface area (Å²) >= 11 is 6.15. The number of ketones is 3. The van der Waals surface area contributed by atoms with Gasteiger partial charge in [-0.05, 0) is 11.6 Å². The van der Waals surface area contributed by atoms with Crippen molar-refractivity contribution in [3.05, 3.63) is 116 Å². The van der Waals surface area contributed by atoms with Gasteiger partial charge in [0, 0.05) is 41.4 Å². The Bertz CT molecular complexity index is 1330. The number of aromatic nitrogens is 1. The van der Waals surface area contributed by atoms with Crippen molar-refractivity contribution >= 4 is 34.6 Å². The summed E-state index contributed by atoms with van der Waals surface area (Å²) in [6, 6.07) is 14.5. The van der Waals surface area contributed by atoms with Gasteiger partial charge in [0.1, 0.15) is 16.9 Å². The van der Waals surface area contributed by atoms with Crippen molar-refractivity contribution in [2.45, 2.75) is 13.0 Å². The van der Waals surface area contributed by atoms with Crippen LogP contribution in [-0.4, -0.2) is 27.3 Å². The highest BCUT2D eigenvalue weighted by atomic mass is 35.5. The van der Waals surface area contributed by atoms with Crippen molar-refractivity contribution in [1.82, 2.24) is 10.3 Å². The van der Waals surface area contributed by atoms with Crippen molar-refractivity contribution in [3.63, 3.8) is 0 Å². The molecule has 1 aliphatic rings. The summed E-state index contributed by atoms with van der Waals surface area (Å²) in [6.07, 6.45) is 2.39. The molecule has 0 saturated heterocycles. The Kier molecular flexibility index (Phi) is 6.10. The Balaban J connectivity index is 1.45. The summed E-state index contributed by atoms with van der Waals surface area (Å²) in [4.78, 5) is 52.0. The molecule has 4 rings (SSSR count). The lowest BCUT2D eigenvalue weighted by Crippen LogP contribution is -2.28. The van der Waals surface area contributed by atoms with Crippen molar-refractivity contribution in [2.75, 3.05) is 0 Å². The zero-order valence-electron chi connectivity index (χ0n) is 17.1. The molecule has 1 aromatic heterocycles. The molecule has 164 valence electrons. The molecule has 0 fully saturated rings. The number of rotatable bonds is 7. The summed E-state index contributed by atoms with van der Waals surface area (Å²) in [5, 5.41) is 13.9. The fraction of sp³-hybridized carbons (Fsp3) is 0.0833. The molecule has 1 N–H and O–H groups in total. The molecule has 3 aromatic rings.